The Morgan fingerprint density at radius 3 is 2.32 bits per heavy atom. The maximum Gasteiger partial charge on any atom is 0.308 e. The molecule has 1 aromatic carbocycles. The third-order valence-electron chi connectivity index (χ3n) is 4.01. The Morgan fingerprint density at radius 2 is 1.82 bits per heavy atom. The molecule has 0 aliphatic carbocycles. The van der Waals surface area contributed by atoms with Gasteiger partial charge in [0, 0.05) is 18.8 Å². The van der Waals surface area contributed by atoms with Crippen LogP contribution in [0.15, 0.2) is 24.3 Å². The lowest BCUT2D eigenvalue weighted by Gasteiger charge is -2.27. The summed E-state index contributed by atoms with van der Waals surface area (Å²) in [5.41, 5.74) is 2.50. The number of carboxylic acids is 1. The summed E-state index contributed by atoms with van der Waals surface area (Å²) in [7, 11) is 0. The third-order valence-corrected chi connectivity index (χ3v) is 4.01. The number of anilines is 1. The predicted octanol–water partition coefficient (Wildman–Crippen LogP) is 4.60. The molecule has 1 N–H and O–H groups in total. The van der Waals surface area contributed by atoms with E-state index in [2.05, 4.69) is 49.9 Å². The molecule has 0 bridgehead atoms. The van der Waals surface area contributed by atoms with E-state index in [0.29, 0.717) is 12.5 Å². The second-order valence-corrected chi connectivity index (χ2v) is 6.64. The molecule has 124 valence electrons. The van der Waals surface area contributed by atoms with E-state index in [9.17, 15) is 4.79 Å². The van der Waals surface area contributed by atoms with Gasteiger partial charge < -0.3 is 10.0 Å². The number of aryl methyl sites for hydroxylation is 1. The molecule has 22 heavy (non-hydrogen) atoms. The maximum atomic E-state index is 11.1. The number of carboxylic acid groups (broad SMARTS) is 1. The Bertz CT molecular complexity index is 439. The van der Waals surface area contributed by atoms with Crippen molar-refractivity contribution in [1.29, 1.82) is 0 Å². The van der Waals surface area contributed by atoms with Gasteiger partial charge in [0.25, 0.3) is 0 Å². The highest BCUT2D eigenvalue weighted by molar-refractivity contribution is 5.70. The number of rotatable bonds is 10. The Balaban J connectivity index is 2.77. The fourth-order valence-electron chi connectivity index (χ4n) is 2.40. The Labute approximate surface area is 135 Å². The minimum absolute atomic E-state index is 0.355. The first-order valence-corrected chi connectivity index (χ1v) is 8.50. The van der Waals surface area contributed by atoms with E-state index < -0.39 is 5.97 Å². The van der Waals surface area contributed by atoms with E-state index in [0.717, 1.165) is 25.1 Å². The van der Waals surface area contributed by atoms with Crippen molar-refractivity contribution in [3.8, 4) is 0 Å². The van der Waals surface area contributed by atoms with Gasteiger partial charge in [-0.1, -0.05) is 46.2 Å². The van der Waals surface area contributed by atoms with E-state index in [4.69, 9.17) is 5.11 Å². The van der Waals surface area contributed by atoms with Gasteiger partial charge in [-0.25, -0.2) is 0 Å². The van der Waals surface area contributed by atoms with Crippen molar-refractivity contribution in [2.75, 3.05) is 18.0 Å². The van der Waals surface area contributed by atoms with Crippen molar-refractivity contribution in [2.24, 2.45) is 11.8 Å². The molecule has 0 aliphatic heterocycles. The van der Waals surface area contributed by atoms with Crippen LogP contribution in [0.2, 0.25) is 0 Å². The van der Waals surface area contributed by atoms with E-state index in [1.54, 1.807) is 6.92 Å². The number of nitrogens with zero attached hydrogens (tertiary/aromatic N) is 1. The molecule has 0 aromatic heterocycles. The van der Waals surface area contributed by atoms with Gasteiger partial charge in [0.2, 0.25) is 0 Å². The van der Waals surface area contributed by atoms with Crippen LogP contribution in [0.3, 0.4) is 0 Å². The second-order valence-electron chi connectivity index (χ2n) is 6.64. The number of hydrogen-bond acceptors (Lipinski definition) is 2. The highest BCUT2D eigenvalue weighted by atomic mass is 16.4. The summed E-state index contributed by atoms with van der Waals surface area (Å²) in [6.45, 7) is 9.86. The summed E-state index contributed by atoms with van der Waals surface area (Å²) >= 11 is 0. The summed E-state index contributed by atoms with van der Waals surface area (Å²) in [4.78, 5) is 13.4. The molecule has 1 atom stereocenters. The van der Waals surface area contributed by atoms with E-state index in [-0.39, 0.29) is 5.92 Å². The zero-order valence-corrected chi connectivity index (χ0v) is 14.5. The first-order valence-electron chi connectivity index (χ1n) is 8.50. The SMILES string of the molecule is CCCCc1ccc(N(CCC(C)C)CC(C)C(=O)O)cc1. The lowest BCUT2D eigenvalue weighted by atomic mass is 10.1. The molecule has 0 saturated heterocycles. The van der Waals surface area contributed by atoms with Crippen LogP contribution in [0.4, 0.5) is 5.69 Å². The molecule has 1 aromatic rings. The molecule has 3 nitrogen and oxygen atoms in total. The Hall–Kier alpha value is -1.51. The molecule has 0 heterocycles. The van der Waals surface area contributed by atoms with Crippen LogP contribution in [-0.2, 0) is 11.2 Å². The van der Waals surface area contributed by atoms with Gasteiger partial charge in [-0.2, -0.15) is 0 Å². The van der Waals surface area contributed by atoms with E-state index in [1.165, 1.54) is 18.4 Å². The number of carbonyl (C=O) groups is 1. The molecule has 0 spiro atoms. The molecule has 1 unspecified atom stereocenters. The van der Waals surface area contributed by atoms with Gasteiger partial charge in [-0.3, -0.25) is 4.79 Å². The summed E-state index contributed by atoms with van der Waals surface area (Å²) < 4.78 is 0. The maximum absolute atomic E-state index is 11.1. The fourth-order valence-corrected chi connectivity index (χ4v) is 2.40. The van der Waals surface area contributed by atoms with Crippen molar-refractivity contribution in [3.05, 3.63) is 29.8 Å². The second kappa shape index (κ2) is 9.50. The van der Waals surface area contributed by atoms with Crippen LogP contribution >= 0.6 is 0 Å². The van der Waals surface area contributed by atoms with Crippen molar-refractivity contribution in [3.63, 3.8) is 0 Å². The van der Waals surface area contributed by atoms with Crippen LogP contribution in [0, 0.1) is 11.8 Å². The summed E-state index contributed by atoms with van der Waals surface area (Å²) in [5, 5.41) is 9.17. The smallest absolute Gasteiger partial charge is 0.308 e. The molecule has 0 aliphatic rings. The minimum Gasteiger partial charge on any atom is -0.481 e. The van der Waals surface area contributed by atoms with E-state index in [1.807, 2.05) is 0 Å². The topological polar surface area (TPSA) is 40.5 Å². The van der Waals surface area contributed by atoms with Gasteiger partial charge in [0.1, 0.15) is 0 Å². The minimum atomic E-state index is -0.728. The molecule has 0 fully saturated rings. The Kier molecular flexibility index (Phi) is 8.00. The molecule has 3 heteroatoms. The monoisotopic (exact) mass is 305 g/mol. The lowest BCUT2D eigenvalue weighted by molar-refractivity contribution is -0.140. The summed E-state index contributed by atoms with van der Waals surface area (Å²) in [5.74, 6) is -0.465. The summed E-state index contributed by atoms with van der Waals surface area (Å²) in [6, 6.07) is 8.64. The molecule has 0 radical (unpaired) electrons. The van der Waals surface area contributed by atoms with Crippen LogP contribution < -0.4 is 4.90 Å². The standard InChI is InChI=1S/C19H31NO2/c1-5-6-7-17-8-10-18(11-9-17)20(13-12-15(2)3)14-16(4)19(21)22/h8-11,15-16H,5-7,12-14H2,1-4H3,(H,21,22). The van der Waals surface area contributed by atoms with Crippen LogP contribution in [0.5, 0.6) is 0 Å². The van der Waals surface area contributed by atoms with Crippen molar-refractivity contribution in [2.45, 2.75) is 53.4 Å². The average Bonchev–Trinajstić information content (AvgIpc) is 2.49. The van der Waals surface area contributed by atoms with E-state index >= 15 is 0 Å². The van der Waals surface area contributed by atoms with Gasteiger partial charge in [-0.15, -0.1) is 0 Å². The van der Waals surface area contributed by atoms with Gasteiger partial charge >= 0.3 is 5.97 Å². The normalized spacial score (nSPS) is 12.4. The van der Waals surface area contributed by atoms with Crippen LogP contribution in [0.1, 0.15) is 52.5 Å². The molecule has 0 saturated carbocycles. The molecule has 1 rings (SSSR count). The highest BCUT2D eigenvalue weighted by Crippen LogP contribution is 2.19. The number of aliphatic carboxylic acids is 1. The average molecular weight is 305 g/mol. The first-order chi connectivity index (χ1) is 10.4. The molecular weight excluding hydrogens is 274 g/mol. The number of unbranched alkanes of at least 4 members (excludes halogenated alkanes) is 1. The van der Waals surface area contributed by atoms with Gasteiger partial charge in [0.05, 0.1) is 5.92 Å². The fraction of sp³-hybridized carbons (Fsp3) is 0.632. The van der Waals surface area contributed by atoms with Gasteiger partial charge in [0.15, 0.2) is 0 Å². The zero-order valence-electron chi connectivity index (χ0n) is 14.5. The van der Waals surface area contributed by atoms with Gasteiger partial charge in [-0.05, 0) is 42.9 Å². The zero-order chi connectivity index (χ0) is 16.5. The number of benzene rings is 1. The molecule has 0 amide bonds. The molecular formula is C19H31NO2. The van der Waals surface area contributed by atoms with Crippen molar-refractivity contribution >= 4 is 11.7 Å². The predicted molar refractivity (Wildman–Crippen MR) is 93.5 cm³/mol. The highest BCUT2D eigenvalue weighted by Gasteiger charge is 2.17. The van der Waals surface area contributed by atoms with Crippen molar-refractivity contribution < 1.29 is 9.90 Å². The third kappa shape index (κ3) is 6.50. The number of hydrogen-bond donors (Lipinski definition) is 1. The largest absolute Gasteiger partial charge is 0.481 e. The first kappa shape index (κ1) is 18.5. The van der Waals surface area contributed by atoms with Crippen LogP contribution in [0.25, 0.3) is 0 Å². The van der Waals surface area contributed by atoms with Crippen molar-refractivity contribution in [1.82, 2.24) is 0 Å². The quantitative estimate of drug-likeness (QED) is 0.686. The summed E-state index contributed by atoms with van der Waals surface area (Å²) in [6.07, 6.45) is 4.61. The van der Waals surface area contributed by atoms with Crippen LogP contribution in [-0.4, -0.2) is 24.2 Å². The lowest BCUT2D eigenvalue weighted by Crippen LogP contribution is -2.33. The Morgan fingerprint density at radius 1 is 1.18 bits per heavy atom.